The summed E-state index contributed by atoms with van der Waals surface area (Å²) >= 11 is 0. The largest absolute Gasteiger partial charge is 0.495 e. The van der Waals surface area contributed by atoms with Crippen LogP contribution in [-0.4, -0.2) is 12.1 Å². The fourth-order valence-corrected chi connectivity index (χ4v) is 1.46. The van der Waals surface area contributed by atoms with E-state index in [1.165, 1.54) is 25.0 Å². The lowest BCUT2D eigenvalue weighted by atomic mass is 9.83. The Kier molecular flexibility index (Phi) is 1.98. The monoisotopic (exact) mass is 163 g/mol. The highest BCUT2D eigenvalue weighted by Gasteiger charge is 2.20. The molecule has 0 aliphatic heterocycles. The van der Waals surface area contributed by atoms with E-state index in [1.807, 2.05) is 6.07 Å². The second-order valence-electron chi connectivity index (χ2n) is 3.25. The Morgan fingerprint density at radius 2 is 2.25 bits per heavy atom. The highest BCUT2D eigenvalue weighted by Crippen LogP contribution is 2.35. The third-order valence-electron chi connectivity index (χ3n) is 2.52. The van der Waals surface area contributed by atoms with Crippen LogP contribution in [0.5, 0.6) is 5.75 Å². The van der Waals surface area contributed by atoms with Gasteiger partial charge in [-0.3, -0.25) is 4.98 Å². The minimum absolute atomic E-state index is 0.718. The maximum absolute atomic E-state index is 5.04. The number of hydrogen-bond acceptors (Lipinski definition) is 2. The molecule has 1 saturated carbocycles. The first kappa shape index (κ1) is 7.59. The van der Waals surface area contributed by atoms with E-state index in [0.29, 0.717) is 0 Å². The van der Waals surface area contributed by atoms with Crippen molar-refractivity contribution in [2.45, 2.75) is 25.2 Å². The van der Waals surface area contributed by atoms with Crippen molar-refractivity contribution in [1.29, 1.82) is 0 Å². The number of nitrogens with zero attached hydrogens (tertiary/aromatic N) is 1. The van der Waals surface area contributed by atoms with Crippen molar-refractivity contribution in [3.05, 3.63) is 24.0 Å². The van der Waals surface area contributed by atoms with Crippen molar-refractivity contribution < 1.29 is 4.74 Å². The topological polar surface area (TPSA) is 22.1 Å². The van der Waals surface area contributed by atoms with Gasteiger partial charge in [-0.15, -0.1) is 0 Å². The van der Waals surface area contributed by atoms with E-state index in [0.717, 1.165) is 11.7 Å². The van der Waals surface area contributed by atoms with E-state index < -0.39 is 0 Å². The molecular formula is C10H13NO. The van der Waals surface area contributed by atoms with Gasteiger partial charge in [0.15, 0.2) is 0 Å². The van der Waals surface area contributed by atoms with Crippen LogP contribution in [0, 0.1) is 0 Å². The number of ether oxygens (including phenoxy) is 1. The molecule has 2 heteroatoms. The smallest absolute Gasteiger partial charge is 0.137 e. The second kappa shape index (κ2) is 3.13. The molecule has 1 aromatic rings. The molecule has 0 bridgehead atoms. The van der Waals surface area contributed by atoms with Crippen LogP contribution in [0.2, 0.25) is 0 Å². The van der Waals surface area contributed by atoms with Crippen LogP contribution < -0.4 is 4.74 Å². The summed E-state index contributed by atoms with van der Waals surface area (Å²) in [5.74, 6) is 1.56. The summed E-state index contributed by atoms with van der Waals surface area (Å²) in [5.41, 5.74) is 1.22. The van der Waals surface area contributed by atoms with Gasteiger partial charge >= 0.3 is 0 Å². The third kappa shape index (κ3) is 1.29. The predicted molar refractivity (Wildman–Crippen MR) is 47.4 cm³/mol. The van der Waals surface area contributed by atoms with E-state index in [-0.39, 0.29) is 0 Å². The zero-order valence-electron chi connectivity index (χ0n) is 7.29. The molecule has 12 heavy (non-hydrogen) atoms. The lowest BCUT2D eigenvalue weighted by Crippen LogP contribution is -2.10. The van der Waals surface area contributed by atoms with Crippen LogP contribution in [0.4, 0.5) is 0 Å². The van der Waals surface area contributed by atoms with Gasteiger partial charge in [-0.2, -0.15) is 0 Å². The highest BCUT2D eigenvalue weighted by molar-refractivity contribution is 5.22. The normalized spacial score (nSPS) is 17.1. The molecule has 0 radical (unpaired) electrons. The summed E-state index contributed by atoms with van der Waals surface area (Å²) in [4.78, 5) is 4.35. The lowest BCUT2D eigenvalue weighted by molar-refractivity contribution is 0.400. The molecule has 1 aromatic heterocycles. The predicted octanol–water partition coefficient (Wildman–Crippen LogP) is 2.36. The van der Waals surface area contributed by atoms with Crippen LogP contribution in [0.15, 0.2) is 18.3 Å². The number of aromatic nitrogens is 1. The zero-order chi connectivity index (χ0) is 8.39. The Hall–Kier alpha value is -1.05. The first-order chi connectivity index (χ1) is 5.90. The van der Waals surface area contributed by atoms with Crippen molar-refractivity contribution in [2.75, 3.05) is 7.11 Å². The van der Waals surface area contributed by atoms with Gasteiger partial charge in [0.2, 0.25) is 0 Å². The molecule has 0 unspecified atom stereocenters. The second-order valence-corrected chi connectivity index (χ2v) is 3.25. The van der Waals surface area contributed by atoms with Gasteiger partial charge < -0.3 is 4.74 Å². The van der Waals surface area contributed by atoms with Gasteiger partial charge in [0.1, 0.15) is 5.75 Å². The van der Waals surface area contributed by atoms with Crippen LogP contribution in [0.25, 0.3) is 0 Å². The van der Waals surface area contributed by atoms with Crippen LogP contribution in [-0.2, 0) is 0 Å². The summed E-state index contributed by atoms with van der Waals surface area (Å²) in [6.45, 7) is 0. The van der Waals surface area contributed by atoms with Crippen molar-refractivity contribution in [3.8, 4) is 5.75 Å². The molecule has 1 aliphatic rings. The summed E-state index contributed by atoms with van der Waals surface area (Å²) in [7, 11) is 1.67. The van der Waals surface area contributed by atoms with E-state index in [2.05, 4.69) is 11.1 Å². The quantitative estimate of drug-likeness (QED) is 0.667. The Labute approximate surface area is 72.6 Å². The Bertz CT molecular complexity index is 251. The molecule has 64 valence electrons. The van der Waals surface area contributed by atoms with Crippen LogP contribution in [0.3, 0.4) is 0 Å². The molecule has 0 N–H and O–H groups in total. The molecule has 1 heterocycles. The lowest BCUT2D eigenvalue weighted by Gasteiger charge is -2.24. The number of hydrogen-bond donors (Lipinski definition) is 0. The molecule has 0 saturated heterocycles. The fraction of sp³-hybridized carbons (Fsp3) is 0.500. The number of pyridine rings is 1. The summed E-state index contributed by atoms with van der Waals surface area (Å²) in [6, 6.07) is 4.06. The van der Waals surface area contributed by atoms with E-state index in [1.54, 1.807) is 13.3 Å². The van der Waals surface area contributed by atoms with Gasteiger partial charge in [-0.1, -0.05) is 6.42 Å². The van der Waals surface area contributed by atoms with Gasteiger partial charge in [0, 0.05) is 11.6 Å². The Morgan fingerprint density at radius 3 is 2.67 bits per heavy atom. The molecule has 0 atom stereocenters. The number of rotatable bonds is 2. The van der Waals surface area contributed by atoms with Gasteiger partial charge in [-0.25, -0.2) is 0 Å². The fourth-order valence-electron chi connectivity index (χ4n) is 1.46. The standard InChI is InChI=1S/C10H13NO/c1-12-9-5-6-10(11-7-9)8-3-2-4-8/h5-8H,2-4H2,1H3. The van der Waals surface area contributed by atoms with Gasteiger partial charge in [0.25, 0.3) is 0 Å². The molecule has 1 aliphatic carbocycles. The van der Waals surface area contributed by atoms with Crippen LogP contribution in [0.1, 0.15) is 30.9 Å². The van der Waals surface area contributed by atoms with E-state index in [9.17, 15) is 0 Å². The zero-order valence-corrected chi connectivity index (χ0v) is 7.29. The summed E-state index contributed by atoms with van der Waals surface area (Å²) in [6.07, 6.45) is 5.77. The molecule has 0 amide bonds. The maximum Gasteiger partial charge on any atom is 0.137 e. The van der Waals surface area contributed by atoms with E-state index in [4.69, 9.17) is 4.74 Å². The summed E-state index contributed by atoms with van der Waals surface area (Å²) < 4.78 is 5.04. The van der Waals surface area contributed by atoms with E-state index >= 15 is 0 Å². The maximum atomic E-state index is 5.04. The minimum atomic E-state index is 0.718. The highest BCUT2D eigenvalue weighted by atomic mass is 16.5. The SMILES string of the molecule is COc1ccc(C2CCC2)nc1. The molecule has 0 aromatic carbocycles. The Morgan fingerprint density at radius 1 is 1.42 bits per heavy atom. The molecule has 2 rings (SSSR count). The Balaban J connectivity index is 2.13. The minimum Gasteiger partial charge on any atom is -0.495 e. The van der Waals surface area contributed by atoms with Crippen molar-refractivity contribution >= 4 is 0 Å². The summed E-state index contributed by atoms with van der Waals surface area (Å²) in [5, 5.41) is 0. The van der Waals surface area contributed by atoms with Crippen molar-refractivity contribution in [2.24, 2.45) is 0 Å². The number of methoxy groups -OCH3 is 1. The van der Waals surface area contributed by atoms with Gasteiger partial charge in [-0.05, 0) is 25.0 Å². The average Bonchev–Trinajstić information content (AvgIpc) is 2.03. The van der Waals surface area contributed by atoms with Crippen molar-refractivity contribution in [3.63, 3.8) is 0 Å². The van der Waals surface area contributed by atoms with Crippen molar-refractivity contribution in [1.82, 2.24) is 4.98 Å². The van der Waals surface area contributed by atoms with Gasteiger partial charge in [0.05, 0.1) is 13.3 Å². The first-order valence-electron chi connectivity index (χ1n) is 4.40. The molecule has 2 nitrogen and oxygen atoms in total. The average molecular weight is 163 g/mol. The third-order valence-corrected chi connectivity index (χ3v) is 2.52. The van der Waals surface area contributed by atoms with Crippen LogP contribution >= 0.6 is 0 Å². The molecule has 0 spiro atoms. The molecule has 1 fully saturated rings. The molecular weight excluding hydrogens is 150 g/mol. The first-order valence-corrected chi connectivity index (χ1v) is 4.40.